The number of thiazole rings is 1. The molecule has 25 heavy (non-hydrogen) atoms. The molecule has 0 fully saturated rings. The summed E-state index contributed by atoms with van der Waals surface area (Å²) in [6.07, 6.45) is -3.09. The first-order valence-corrected chi connectivity index (χ1v) is 8.39. The number of pyridine rings is 1. The standard InChI is InChI=1S/C18H15F3N2OS/c1-11-16(15(24)10-14-4-2-3-9-22-14)25-17(23-11)12-5-7-13(8-6-12)18(19,20)21/h2-9,15,24H,10H2,1H3. The Morgan fingerprint density at radius 3 is 2.44 bits per heavy atom. The SMILES string of the molecule is Cc1nc(-c2ccc(C(F)(F)F)cc2)sc1C(O)Cc1ccccn1. The normalized spacial score (nSPS) is 13.0. The monoisotopic (exact) mass is 364 g/mol. The summed E-state index contributed by atoms with van der Waals surface area (Å²) in [6.45, 7) is 1.78. The Balaban J connectivity index is 1.82. The van der Waals surface area contributed by atoms with Crippen molar-refractivity contribution < 1.29 is 18.3 Å². The number of hydrogen-bond donors (Lipinski definition) is 1. The van der Waals surface area contributed by atoms with Gasteiger partial charge in [0.15, 0.2) is 0 Å². The fourth-order valence-electron chi connectivity index (χ4n) is 2.45. The number of hydrogen-bond acceptors (Lipinski definition) is 4. The predicted molar refractivity (Wildman–Crippen MR) is 90.2 cm³/mol. The molecule has 3 aromatic rings. The first-order chi connectivity index (χ1) is 11.8. The minimum absolute atomic E-state index is 0.357. The maximum atomic E-state index is 12.7. The molecule has 0 spiro atoms. The second-order valence-corrected chi connectivity index (χ2v) is 6.62. The van der Waals surface area contributed by atoms with Gasteiger partial charge in [-0.1, -0.05) is 18.2 Å². The van der Waals surface area contributed by atoms with Crippen LogP contribution in [-0.4, -0.2) is 15.1 Å². The fraction of sp³-hybridized carbons (Fsp3) is 0.222. The fourth-order valence-corrected chi connectivity index (χ4v) is 3.51. The number of aliphatic hydroxyl groups excluding tert-OH is 1. The first kappa shape index (κ1) is 17.6. The van der Waals surface area contributed by atoms with Crippen molar-refractivity contribution in [3.63, 3.8) is 0 Å². The summed E-state index contributed by atoms with van der Waals surface area (Å²) < 4.78 is 38.0. The molecule has 0 saturated heterocycles. The molecule has 0 aliphatic carbocycles. The molecule has 3 nitrogen and oxygen atoms in total. The number of benzene rings is 1. The van der Waals surface area contributed by atoms with Crippen molar-refractivity contribution in [2.75, 3.05) is 0 Å². The molecule has 1 aromatic carbocycles. The number of alkyl halides is 3. The van der Waals surface area contributed by atoms with Gasteiger partial charge < -0.3 is 5.11 Å². The van der Waals surface area contributed by atoms with E-state index in [0.717, 1.165) is 17.8 Å². The van der Waals surface area contributed by atoms with Crippen LogP contribution >= 0.6 is 11.3 Å². The van der Waals surface area contributed by atoms with Crippen LogP contribution in [0.4, 0.5) is 13.2 Å². The summed E-state index contributed by atoms with van der Waals surface area (Å²) >= 11 is 1.28. The molecule has 0 saturated carbocycles. The Kier molecular flexibility index (Phi) is 4.87. The van der Waals surface area contributed by atoms with Gasteiger partial charge in [0, 0.05) is 23.9 Å². The van der Waals surface area contributed by atoms with Crippen LogP contribution in [0.15, 0.2) is 48.7 Å². The lowest BCUT2D eigenvalue weighted by atomic mass is 10.1. The Hall–Kier alpha value is -2.25. The molecule has 2 aromatic heterocycles. The van der Waals surface area contributed by atoms with Gasteiger partial charge in [0.05, 0.1) is 22.2 Å². The number of rotatable bonds is 4. The molecule has 1 unspecified atom stereocenters. The topological polar surface area (TPSA) is 46.0 Å². The van der Waals surface area contributed by atoms with E-state index in [9.17, 15) is 18.3 Å². The number of halogens is 3. The Bertz CT molecular complexity index is 845. The zero-order valence-electron chi connectivity index (χ0n) is 13.3. The van der Waals surface area contributed by atoms with Crippen LogP contribution in [0.1, 0.15) is 27.9 Å². The Morgan fingerprint density at radius 2 is 1.84 bits per heavy atom. The number of aromatic nitrogens is 2. The molecule has 0 aliphatic rings. The van der Waals surface area contributed by atoms with E-state index in [1.54, 1.807) is 19.2 Å². The van der Waals surface area contributed by atoms with Crippen LogP contribution < -0.4 is 0 Å². The van der Waals surface area contributed by atoms with Gasteiger partial charge in [0.1, 0.15) is 5.01 Å². The van der Waals surface area contributed by atoms with Crippen molar-refractivity contribution in [2.45, 2.75) is 25.6 Å². The van der Waals surface area contributed by atoms with Crippen molar-refractivity contribution in [3.8, 4) is 10.6 Å². The summed E-state index contributed by atoms with van der Waals surface area (Å²) in [5.41, 5.74) is 1.33. The lowest BCUT2D eigenvalue weighted by Crippen LogP contribution is -2.03. The second kappa shape index (κ2) is 6.93. The van der Waals surface area contributed by atoms with E-state index in [1.165, 1.54) is 23.5 Å². The molecular weight excluding hydrogens is 349 g/mol. The van der Waals surface area contributed by atoms with Gasteiger partial charge in [-0.25, -0.2) is 4.98 Å². The van der Waals surface area contributed by atoms with Crippen molar-refractivity contribution in [1.29, 1.82) is 0 Å². The van der Waals surface area contributed by atoms with E-state index in [0.29, 0.717) is 27.6 Å². The maximum absolute atomic E-state index is 12.7. The average molecular weight is 364 g/mol. The van der Waals surface area contributed by atoms with Gasteiger partial charge in [-0.15, -0.1) is 11.3 Å². The van der Waals surface area contributed by atoms with E-state index in [-0.39, 0.29) is 0 Å². The quantitative estimate of drug-likeness (QED) is 0.723. The second-order valence-electron chi connectivity index (χ2n) is 5.58. The summed E-state index contributed by atoms with van der Waals surface area (Å²) in [5.74, 6) is 0. The molecule has 7 heteroatoms. The molecule has 0 bridgehead atoms. The van der Waals surface area contributed by atoms with E-state index < -0.39 is 17.8 Å². The molecule has 0 amide bonds. The van der Waals surface area contributed by atoms with Gasteiger partial charge in [-0.2, -0.15) is 13.2 Å². The molecule has 0 aliphatic heterocycles. The van der Waals surface area contributed by atoms with Gasteiger partial charge in [0.25, 0.3) is 0 Å². The predicted octanol–water partition coefficient (Wildman–Crippen LogP) is 4.81. The first-order valence-electron chi connectivity index (χ1n) is 7.57. The molecule has 2 heterocycles. The lowest BCUT2D eigenvalue weighted by molar-refractivity contribution is -0.137. The van der Waals surface area contributed by atoms with E-state index in [4.69, 9.17) is 0 Å². The average Bonchev–Trinajstić information content (AvgIpc) is 2.97. The van der Waals surface area contributed by atoms with Gasteiger partial charge >= 0.3 is 6.18 Å². The lowest BCUT2D eigenvalue weighted by Gasteiger charge is -2.08. The number of nitrogens with zero attached hydrogens (tertiary/aromatic N) is 2. The minimum atomic E-state index is -4.36. The zero-order chi connectivity index (χ0) is 18.0. The molecule has 1 N–H and O–H groups in total. The van der Waals surface area contributed by atoms with Gasteiger partial charge in [-0.3, -0.25) is 4.98 Å². The van der Waals surface area contributed by atoms with Crippen LogP contribution in [0.5, 0.6) is 0 Å². The highest BCUT2D eigenvalue weighted by Crippen LogP contribution is 2.35. The third kappa shape index (κ3) is 4.05. The van der Waals surface area contributed by atoms with Crippen LogP contribution in [0.2, 0.25) is 0 Å². The highest BCUT2D eigenvalue weighted by atomic mass is 32.1. The van der Waals surface area contributed by atoms with Crippen LogP contribution in [0.25, 0.3) is 10.6 Å². The molecule has 3 rings (SSSR count). The molecule has 1 atom stereocenters. The molecule has 0 radical (unpaired) electrons. The van der Waals surface area contributed by atoms with E-state index in [1.807, 2.05) is 12.1 Å². The summed E-state index contributed by atoms with van der Waals surface area (Å²) in [4.78, 5) is 9.28. The van der Waals surface area contributed by atoms with Gasteiger partial charge in [-0.05, 0) is 31.2 Å². The van der Waals surface area contributed by atoms with Crippen molar-refractivity contribution in [1.82, 2.24) is 9.97 Å². The smallest absolute Gasteiger partial charge is 0.387 e. The molecular formula is C18H15F3N2OS. The Labute approximate surface area is 146 Å². The van der Waals surface area contributed by atoms with E-state index >= 15 is 0 Å². The summed E-state index contributed by atoms with van der Waals surface area (Å²) in [5, 5.41) is 11.0. The Morgan fingerprint density at radius 1 is 1.12 bits per heavy atom. The third-order valence-electron chi connectivity index (χ3n) is 3.72. The third-order valence-corrected chi connectivity index (χ3v) is 5.03. The van der Waals surface area contributed by atoms with Gasteiger partial charge in [0.2, 0.25) is 0 Å². The van der Waals surface area contributed by atoms with E-state index in [2.05, 4.69) is 9.97 Å². The maximum Gasteiger partial charge on any atom is 0.416 e. The van der Waals surface area contributed by atoms with Crippen molar-refractivity contribution in [3.05, 3.63) is 70.5 Å². The number of aliphatic hydroxyl groups is 1. The minimum Gasteiger partial charge on any atom is -0.387 e. The van der Waals surface area contributed by atoms with Crippen molar-refractivity contribution in [2.24, 2.45) is 0 Å². The van der Waals surface area contributed by atoms with Crippen LogP contribution in [0, 0.1) is 6.92 Å². The molecule has 130 valence electrons. The summed E-state index contributed by atoms with van der Waals surface area (Å²) in [6, 6.07) is 10.4. The summed E-state index contributed by atoms with van der Waals surface area (Å²) in [7, 11) is 0. The van der Waals surface area contributed by atoms with Crippen LogP contribution in [0.3, 0.4) is 0 Å². The zero-order valence-corrected chi connectivity index (χ0v) is 14.1. The van der Waals surface area contributed by atoms with Crippen LogP contribution in [-0.2, 0) is 12.6 Å². The largest absolute Gasteiger partial charge is 0.416 e. The highest BCUT2D eigenvalue weighted by Gasteiger charge is 2.30. The highest BCUT2D eigenvalue weighted by molar-refractivity contribution is 7.15. The number of aryl methyl sites for hydroxylation is 1. The van der Waals surface area contributed by atoms with Crippen molar-refractivity contribution >= 4 is 11.3 Å².